The van der Waals surface area contributed by atoms with Crippen LogP contribution >= 0.6 is 12.2 Å². The monoisotopic (exact) mass is 152 g/mol. The first-order valence-corrected chi connectivity index (χ1v) is 3.38. The summed E-state index contributed by atoms with van der Waals surface area (Å²) in [6.45, 7) is 3.61. The number of aromatic amines is 1. The highest BCUT2D eigenvalue weighted by Crippen LogP contribution is 1.97. The zero-order chi connectivity index (χ0) is 7.40. The van der Waals surface area contributed by atoms with Gasteiger partial charge in [0.15, 0.2) is 0 Å². The Kier molecular flexibility index (Phi) is 2.34. The number of aromatic nitrogens is 2. The molecule has 0 bridgehead atoms. The third kappa shape index (κ3) is 1.51. The van der Waals surface area contributed by atoms with Crippen LogP contribution in [0.4, 0.5) is 0 Å². The molecule has 2 nitrogen and oxygen atoms in total. The Labute approximate surface area is 64.6 Å². The van der Waals surface area contributed by atoms with Crippen molar-refractivity contribution in [3.05, 3.63) is 35.4 Å². The molecular formula is C7H8N2S. The maximum atomic E-state index is 4.97. The number of hydrogen-bond donors (Lipinski definition) is 1. The number of hydrogen-bond acceptors (Lipinski definition) is 2. The molecule has 1 rings (SSSR count). The Morgan fingerprint density at radius 2 is 2.60 bits per heavy atom. The molecule has 0 aliphatic carbocycles. The van der Waals surface area contributed by atoms with Gasteiger partial charge < -0.3 is 4.98 Å². The van der Waals surface area contributed by atoms with Crippen molar-refractivity contribution in [1.29, 1.82) is 0 Å². The van der Waals surface area contributed by atoms with Crippen LogP contribution in [0.2, 0.25) is 0 Å². The third-order valence-electron chi connectivity index (χ3n) is 1.16. The standard InChI is InChI=1S/C7H8N2S/c1-2-3-6-4-8-5-9-7(6)10/h2,4-5H,1,3H2,(H,8,9,10). The average Bonchev–Trinajstić information content (AvgIpc) is 1.94. The summed E-state index contributed by atoms with van der Waals surface area (Å²) >= 11 is 4.97. The summed E-state index contributed by atoms with van der Waals surface area (Å²) in [5.41, 5.74) is 1.02. The first-order chi connectivity index (χ1) is 4.84. The lowest BCUT2D eigenvalue weighted by molar-refractivity contribution is 1.07. The van der Waals surface area contributed by atoms with Crippen LogP contribution in [0.5, 0.6) is 0 Å². The lowest BCUT2D eigenvalue weighted by Crippen LogP contribution is -1.86. The fraction of sp³-hybridized carbons (Fsp3) is 0.143. The summed E-state index contributed by atoms with van der Waals surface area (Å²) < 4.78 is 0.745. The maximum Gasteiger partial charge on any atom is 0.109 e. The molecule has 0 aromatic carbocycles. The van der Waals surface area contributed by atoms with Crippen LogP contribution < -0.4 is 0 Å². The molecule has 0 aliphatic heterocycles. The van der Waals surface area contributed by atoms with Crippen molar-refractivity contribution >= 4 is 12.2 Å². The lowest BCUT2D eigenvalue weighted by atomic mass is 10.2. The van der Waals surface area contributed by atoms with E-state index < -0.39 is 0 Å². The van der Waals surface area contributed by atoms with Crippen LogP contribution in [0.15, 0.2) is 25.2 Å². The molecule has 1 aromatic heterocycles. The quantitative estimate of drug-likeness (QED) is 0.517. The molecule has 10 heavy (non-hydrogen) atoms. The number of nitrogens with zero attached hydrogens (tertiary/aromatic N) is 1. The second-order valence-electron chi connectivity index (χ2n) is 1.90. The molecule has 0 spiro atoms. The van der Waals surface area contributed by atoms with Crippen LogP contribution in [0.25, 0.3) is 0 Å². The number of H-pyrrole nitrogens is 1. The molecular weight excluding hydrogens is 144 g/mol. The number of rotatable bonds is 2. The molecule has 1 aromatic rings. The summed E-state index contributed by atoms with van der Waals surface area (Å²) in [5, 5.41) is 0. The third-order valence-corrected chi connectivity index (χ3v) is 1.54. The Hall–Kier alpha value is -0.960. The van der Waals surface area contributed by atoms with Gasteiger partial charge in [-0.05, 0) is 6.42 Å². The Balaban J connectivity index is 3.03. The van der Waals surface area contributed by atoms with Crippen LogP contribution in [0, 0.1) is 4.64 Å². The van der Waals surface area contributed by atoms with Gasteiger partial charge in [0.1, 0.15) is 4.64 Å². The SMILES string of the molecule is C=CCc1cnc[nH]c1=S. The number of nitrogens with one attached hydrogen (secondary N) is 1. The van der Waals surface area contributed by atoms with Crippen molar-refractivity contribution in [2.24, 2.45) is 0 Å². The zero-order valence-corrected chi connectivity index (χ0v) is 6.32. The topological polar surface area (TPSA) is 28.7 Å². The van der Waals surface area contributed by atoms with E-state index in [0.717, 1.165) is 16.6 Å². The highest BCUT2D eigenvalue weighted by atomic mass is 32.1. The van der Waals surface area contributed by atoms with Crippen LogP contribution in [0.3, 0.4) is 0 Å². The van der Waals surface area contributed by atoms with Crippen LogP contribution in [0.1, 0.15) is 5.56 Å². The molecule has 0 amide bonds. The molecule has 0 atom stereocenters. The lowest BCUT2D eigenvalue weighted by Gasteiger charge is -1.92. The van der Waals surface area contributed by atoms with Crippen LogP contribution in [-0.4, -0.2) is 9.97 Å². The van der Waals surface area contributed by atoms with E-state index >= 15 is 0 Å². The summed E-state index contributed by atoms with van der Waals surface area (Å²) in [4.78, 5) is 6.73. The van der Waals surface area contributed by atoms with E-state index in [0.29, 0.717) is 0 Å². The van der Waals surface area contributed by atoms with Gasteiger partial charge in [-0.3, -0.25) is 0 Å². The van der Waals surface area contributed by atoms with Gasteiger partial charge in [-0.15, -0.1) is 6.58 Å². The van der Waals surface area contributed by atoms with Gasteiger partial charge in [0, 0.05) is 11.8 Å². The second-order valence-corrected chi connectivity index (χ2v) is 2.31. The first kappa shape index (κ1) is 7.15. The van der Waals surface area contributed by atoms with E-state index in [1.165, 1.54) is 0 Å². The predicted molar refractivity (Wildman–Crippen MR) is 43.3 cm³/mol. The van der Waals surface area contributed by atoms with Crippen molar-refractivity contribution in [2.45, 2.75) is 6.42 Å². The minimum Gasteiger partial charge on any atom is -0.337 e. The fourth-order valence-electron chi connectivity index (χ4n) is 0.675. The van der Waals surface area contributed by atoms with Gasteiger partial charge >= 0.3 is 0 Å². The second kappa shape index (κ2) is 3.27. The highest BCUT2D eigenvalue weighted by molar-refractivity contribution is 7.71. The van der Waals surface area contributed by atoms with Gasteiger partial charge in [0.25, 0.3) is 0 Å². The molecule has 1 N–H and O–H groups in total. The molecule has 0 unspecified atom stereocenters. The van der Waals surface area contributed by atoms with Crippen molar-refractivity contribution in [2.75, 3.05) is 0 Å². The molecule has 0 fully saturated rings. The van der Waals surface area contributed by atoms with Crippen molar-refractivity contribution in [1.82, 2.24) is 9.97 Å². The molecule has 1 heterocycles. The van der Waals surface area contributed by atoms with E-state index in [-0.39, 0.29) is 0 Å². The molecule has 0 saturated heterocycles. The van der Waals surface area contributed by atoms with Crippen molar-refractivity contribution < 1.29 is 0 Å². The highest BCUT2D eigenvalue weighted by Gasteiger charge is 1.89. The summed E-state index contributed by atoms with van der Waals surface area (Å²) in [6.07, 6.45) is 5.92. The molecule has 0 aliphatic rings. The molecule has 0 saturated carbocycles. The summed E-state index contributed by atoms with van der Waals surface area (Å²) in [6, 6.07) is 0. The minimum atomic E-state index is 0.745. The zero-order valence-electron chi connectivity index (χ0n) is 5.50. The van der Waals surface area contributed by atoms with E-state index in [4.69, 9.17) is 12.2 Å². The molecule has 0 radical (unpaired) electrons. The van der Waals surface area contributed by atoms with Gasteiger partial charge in [-0.25, -0.2) is 4.98 Å². The van der Waals surface area contributed by atoms with Crippen molar-refractivity contribution in [3.8, 4) is 0 Å². The number of allylic oxidation sites excluding steroid dienone is 1. The van der Waals surface area contributed by atoms with Gasteiger partial charge in [-0.2, -0.15) is 0 Å². The average molecular weight is 152 g/mol. The van der Waals surface area contributed by atoms with Gasteiger partial charge in [-0.1, -0.05) is 18.3 Å². The molecule has 3 heteroatoms. The Morgan fingerprint density at radius 1 is 1.80 bits per heavy atom. The van der Waals surface area contributed by atoms with E-state index in [1.54, 1.807) is 18.6 Å². The molecule has 52 valence electrons. The van der Waals surface area contributed by atoms with Gasteiger partial charge in [0.05, 0.1) is 6.33 Å². The van der Waals surface area contributed by atoms with Crippen molar-refractivity contribution in [3.63, 3.8) is 0 Å². The first-order valence-electron chi connectivity index (χ1n) is 2.97. The Bertz CT molecular complexity index is 277. The van der Waals surface area contributed by atoms with E-state index in [1.807, 2.05) is 0 Å². The maximum absolute atomic E-state index is 4.97. The van der Waals surface area contributed by atoms with Gasteiger partial charge in [0.2, 0.25) is 0 Å². The van der Waals surface area contributed by atoms with E-state index in [9.17, 15) is 0 Å². The minimum absolute atomic E-state index is 0.745. The fourth-order valence-corrected chi connectivity index (χ4v) is 0.864. The van der Waals surface area contributed by atoms with Crippen LogP contribution in [-0.2, 0) is 6.42 Å². The normalized spacial score (nSPS) is 9.20. The largest absolute Gasteiger partial charge is 0.337 e. The predicted octanol–water partition coefficient (Wildman–Crippen LogP) is 1.87. The summed E-state index contributed by atoms with van der Waals surface area (Å²) in [7, 11) is 0. The summed E-state index contributed by atoms with van der Waals surface area (Å²) in [5.74, 6) is 0. The smallest absolute Gasteiger partial charge is 0.109 e. The Morgan fingerprint density at radius 3 is 3.20 bits per heavy atom. The van der Waals surface area contributed by atoms with E-state index in [2.05, 4.69) is 16.5 Å².